The number of carboxylic acids is 1. The standard InChI is InChI=1S/C12H12N2O4/c1-14-11(12(16)17)8(6-13-14)7-18-10-5-3-2-4-9(10)15/h2-6,15H,7H2,1H3,(H,16,17). The van der Waals surface area contributed by atoms with Gasteiger partial charge in [-0.2, -0.15) is 5.10 Å². The van der Waals surface area contributed by atoms with Crippen LogP contribution in [0.15, 0.2) is 30.5 Å². The fourth-order valence-electron chi connectivity index (χ4n) is 1.60. The number of benzene rings is 1. The van der Waals surface area contributed by atoms with Crippen LogP contribution in [-0.4, -0.2) is 26.0 Å². The van der Waals surface area contributed by atoms with Crippen LogP contribution in [0.25, 0.3) is 0 Å². The number of aromatic nitrogens is 2. The van der Waals surface area contributed by atoms with Crippen molar-refractivity contribution in [3.05, 3.63) is 41.7 Å². The maximum atomic E-state index is 11.0. The van der Waals surface area contributed by atoms with Gasteiger partial charge in [-0.1, -0.05) is 12.1 Å². The molecule has 2 N–H and O–H groups in total. The van der Waals surface area contributed by atoms with E-state index in [0.29, 0.717) is 11.3 Å². The topological polar surface area (TPSA) is 84.6 Å². The number of hydrogen-bond acceptors (Lipinski definition) is 4. The van der Waals surface area contributed by atoms with Crippen molar-refractivity contribution in [2.45, 2.75) is 6.61 Å². The molecule has 6 nitrogen and oxygen atoms in total. The van der Waals surface area contributed by atoms with Crippen molar-refractivity contribution in [2.75, 3.05) is 0 Å². The fourth-order valence-corrected chi connectivity index (χ4v) is 1.60. The van der Waals surface area contributed by atoms with Gasteiger partial charge in [-0.15, -0.1) is 0 Å². The van der Waals surface area contributed by atoms with Gasteiger partial charge in [0.25, 0.3) is 0 Å². The van der Waals surface area contributed by atoms with Crippen LogP contribution in [0.1, 0.15) is 16.1 Å². The largest absolute Gasteiger partial charge is 0.504 e. The SMILES string of the molecule is Cn1ncc(COc2ccccc2O)c1C(=O)O. The third-order valence-electron chi connectivity index (χ3n) is 2.47. The van der Waals surface area contributed by atoms with Gasteiger partial charge in [0.2, 0.25) is 0 Å². The van der Waals surface area contributed by atoms with Crippen LogP contribution >= 0.6 is 0 Å². The maximum Gasteiger partial charge on any atom is 0.354 e. The summed E-state index contributed by atoms with van der Waals surface area (Å²) < 4.78 is 6.63. The first-order valence-corrected chi connectivity index (χ1v) is 5.24. The van der Waals surface area contributed by atoms with Gasteiger partial charge in [0.15, 0.2) is 17.2 Å². The number of phenols is 1. The summed E-state index contributed by atoms with van der Waals surface area (Å²) in [5.41, 5.74) is 0.527. The molecule has 0 unspecified atom stereocenters. The molecule has 0 aliphatic rings. The molecule has 94 valence electrons. The Bertz CT molecular complexity index is 577. The van der Waals surface area contributed by atoms with Gasteiger partial charge >= 0.3 is 5.97 Å². The second-order valence-corrected chi connectivity index (χ2v) is 3.70. The van der Waals surface area contributed by atoms with Crippen LogP contribution < -0.4 is 4.74 Å². The minimum Gasteiger partial charge on any atom is -0.504 e. The summed E-state index contributed by atoms with van der Waals surface area (Å²) in [7, 11) is 1.55. The van der Waals surface area contributed by atoms with E-state index in [1.165, 1.54) is 16.9 Å². The van der Waals surface area contributed by atoms with E-state index in [1.807, 2.05) is 0 Å². The van der Waals surface area contributed by atoms with E-state index < -0.39 is 5.97 Å². The number of nitrogens with zero attached hydrogens (tertiary/aromatic N) is 2. The summed E-state index contributed by atoms with van der Waals surface area (Å²) >= 11 is 0. The van der Waals surface area contributed by atoms with Gasteiger partial charge < -0.3 is 14.9 Å². The number of carbonyl (C=O) groups is 1. The molecule has 1 aromatic heterocycles. The summed E-state index contributed by atoms with van der Waals surface area (Å²) in [6.07, 6.45) is 1.43. The van der Waals surface area contributed by atoms with E-state index >= 15 is 0 Å². The molecule has 2 aromatic rings. The van der Waals surface area contributed by atoms with Crippen LogP contribution in [-0.2, 0) is 13.7 Å². The lowest BCUT2D eigenvalue weighted by molar-refractivity contribution is 0.0682. The normalized spacial score (nSPS) is 10.3. The zero-order valence-electron chi connectivity index (χ0n) is 9.70. The van der Waals surface area contributed by atoms with Crippen molar-refractivity contribution >= 4 is 5.97 Å². The Morgan fingerprint density at radius 3 is 2.83 bits per heavy atom. The minimum absolute atomic E-state index is 0.0123. The number of aryl methyl sites for hydroxylation is 1. The van der Waals surface area contributed by atoms with Crippen LogP contribution in [0, 0.1) is 0 Å². The molecule has 2 rings (SSSR count). The first-order chi connectivity index (χ1) is 8.59. The highest BCUT2D eigenvalue weighted by molar-refractivity contribution is 5.87. The van der Waals surface area contributed by atoms with Crippen LogP contribution in [0.2, 0.25) is 0 Å². The molecule has 1 aromatic carbocycles. The Hall–Kier alpha value is -2.50. The second-order valence-electron chi connectivity index (χ2n) is 3.70. The van der Waals surface area contributed by atoms with Crippen molar-refractivity contribution in [2.24, 2.45) is 7.05 Å². The fraction of sp³-hybridized carbons (Fsp3) is 0.167. The van der Waals surface area contributed by atoms with Crippen LogP contribution in [0.5, 0.6) is 11.5 Å². The molecular weight excluding hydrogens is 236 g/mol. The average molecular weight is 248 g/mol. The van der Waals surface area contributed by atoms with Gasteiger partial charge in [0.05, 0.1) is 6.20 Å². The van der Waals surface area contributed by atoms with Crippen LogP contribution in [0.4, 0.5) is 0 Å². The first-order valence-electron chi connectivity index (χ1n) is 5.24. The molecule has 1 heterocycles. The quantitative estimate of drug-likeness (QED) is 0.854. The third-order valence-corrected chi connectivity index (χ3v) is 2.47. The van der Waals surface area contributed by atoms with Gasteiger partial charge in [-0.25, -0.2) is 4.79 Å². The molecule has 0 saturated carbocycles. The van der Waals surface area contributed by atoms with Crippen molar-refractivity contribution in [1.29, 1.82) is 0 Å². The number of phenolic OH excluding ortho intramolecular Hbond substituents is 1. The Balaban J connectivity index is 2.16. The zero-order valence-corrected chi connectivity index (χ0v) is 9.70. The highest BCUT2D eigenvalue weighted by Gasteiger charge is 2.16. The number of aromatic hydroxyl groups is 1. The average Bonchev–Trinajstić information content (AvgIpc) is 2.69. The number of hydrogen-bond donors (Lipinski definition) is 2. The highest BCUT2D eigenvalue weighted by atomic mass is 16.5. The van der Waals surface area contributed by atoms with Gasteiger partial charge in [0, 0.05) is 12.6 Å². The van der Waals surface area contributed by atoms with Gasteiger partial charge in [-0.3, -0.25) is 4.68 Å². The van der Waals surface area contributed by atoms with E-state index in [9.17, 15) is 9.90 Å². The molecule has 0 bridgehead atoms. The molecule has 0 aliphatic carbocycles. The molecular formula is C12H12N2O4. The summed E-state index contributed by atoms with van der Waals surface area (Å²) in [6, 6.07) is 6.49. The monoisotopic (exact) mass is 248 g/mol. The molecule has 6 heteroatoms. The Labute approximate surface area is 103 Å². The van der Waals surface area contributed by atoms with Crippen molar-refractivity contribution < 1.29 is 19.7 Å². The second kappa shape index (κ2) is 4.79. The molecule has 0 aliphatic heterocycles. The van der Waals surface area contributed by atoms with E-state index in [2.05, 4.69) is 5.10 Å². The molecule has 0 saturated heterocycles. The number of carboxylic acid groups (broad SMARTS) is 1. The lowest BCUT2D eigenvalue weighted by Crippen LogP contribution is -2.09. The first kappa shape index (κ1) is 12.0. The molecule has 0 amide bonds. The van der Waals surface area contributed by atoms with Crippen molar-refractivity contribution in [1.82, 2.24) is 9.78 Å². The summed E-state index contributed by atoms with van der Waals surface area (Å²) in [5.74, 6) is -0.748. The Morgan fingerprint density at radius 2 is 2.17 bits per heavy atom. The lowest BCUT2D eigenvalue weighted by Gasteiger charge is -2.07. The van der Waals surface area contributed by atoms with Crippen LogP contribution in [0.3, 0.4) is 0 Å². The van der Waals surface area contributed by atoms with E-state index in [1.54, 1.807) is 25.2 Å². The van der Waals surface area contributed by atoms with Gasteiger partial charge in [0.1, 0.15) is 6.61 Å². The van der Waals surface area contributed by atoms with E-state index in [4.69, 9.17) is 9.84 Å². The predicted octanol–water partition coefficient (Wildman–Crippen LogP) is 1.40. The van der Waals surface area contributed by atoms with Crippen molar-refractivity contribution in [3.63, 3.8) is 0 Å². The summed E-state index contributed by atoms with van der Waals surface area (Å²) in [6.45, 7) is 0.0348. The number of para-hydroxylation sites is 2. The van der Waals surface area contributed by atoms with Crippen molar-refractivity contribution in [3.8, 4) is 11.5 Å². The molecule has 0 fully saturated rings. The van der Waals surface area contributed by atoms with E-state index in [-0.39, 0.29) is 18.1 Å². The molecule has 18 heavy (non-hydrogen) atoms. The summed E-state index contributed by atoms with van der Waals surface area (Å²) in [5, 5.41) is 22.4. The number of aromatic carboxylic acids is 1. The van der Waals surface area contributed by atoms with Gasteiger partial charge in [-0.05, 0) is 12.1 Å². The summed E-state index contributed by atoms with van der Waals surface area (Å²) in [4.78, 5) is 11.0. The maximum absolute atomic E-state index is 11.0. The molecule has 0 spiro atoms. The number of rotatable bonds is 4. The molecule has 0 atom stereocenters. The lowest BCUT2D eigenvalue weighted by atomic mass is 10.2. The Kier molecular flexibility index (Phi) is 3.18. The predicted molar refractivity (Wildman–Crippen MR) is 62.6 cm³/mol. The smallest absolute Gasteiger partial charge is 0.354 e. The number of ether oxygens (including phenoxy) is 1. The minimum atomic E-state index is -1.06. The zero-order chi connectivity index (χ0) is 13.1. The Morgan fingerprint density at radius 1 is 1.44 bits per heavy atom. The molecule has 0 radical (unpaired) electrons. The highest BCUT2D eigenvalue weighted by Crippen LogP contribution is 2.25. The third kappa shape index (κ3) is 2.27. The van der Waals surface area contributed by atoms with E-state index in [0.717, 1.165) is 0 Å².